The van der Waals surface area contributed by atoms with Crippen LogP contribution in [0.15, 0.2) is 0 Å². The molecule has 0 N–H and O–H groups in total. The van der Waals surface area contributed by atoms with Crippen molar-refractivity contribution in [2.45, 2.75) is 0 Å². The maximum Gasteiger partial charge on any atom is 1.00 e. The zero-order chi connectivity index (χ0) is 4.99. The Morgan fingerprint density at radius 3 is 2.29 bits per heavy atom. The van der Waals surface area contributed by atoms with Crippen molar-refractivity contribution in [3.8, 4) is 0 Å². The van der Waals surface area contributed by atoms with Crippen LogP contribution < -0.4 is 51.4 Å². The van der Waals surface area contributed by atoms with Gasteiger partial charge in [0.1, 0.15) is 0 Å². The second-order valence-electron chi connectivity index (χ2n) is 0.614. The summed E-state index contributed by atoms with van der Waals surface area (Å²) in [5.74, 6) is 0. The van der Waals surface area contributed by atoms with Crippen LogP contribution in [0, 0.1) is 6.92 Å². The summed E-state index contributed by atoms with van der Waals surface area (Å²) in [7, 11) is 0. The normalized spacial score (nSPS) is 6.57. The average Bonchev–Trinajstić information content (AvgIpc) is 1.35. The molecular formula is C3H5KOS2. The van der Waals surface area contributed by atoms with E-state index in [0.717, 1.165) is 0 Å². The van der Waals surface area contributed by atoms with Gasteiger partial charge in [0.05, 0.1) is 0 Å². The van der Waals surface area contributed by atoms with Gasteiger partial charge in [-0.15, -0.1) is 0 Å². The molecule has 0 amide bonds. The van der Waals surface area contributed by atoms with Crippen LogP contribution in [0.3, 0.4) is 0 Å². The molecule has 0 fully saturated rings. The number of hydrogen-bond acceptors (Lipinski definition) is 2. The molecule has 0 aliphatic carbocycles. The molecular weight excluding hydrogens is 155 g/mol. The number of rotatable bonds is 1. The molecule has 0 saturated carbocycles. The molecule has 0 aromatic carbocycles. The molecule has 0 radical (unpaired) electrons. The first-order valence-electron chi connectivity index (χ1n) is 1.42. The Kier molecular flexibility index (Phi) is 13.1. The van der Waals surface area contributed by atoms with Gasteiger partial charge < -0.3 is 11.7 Å². The van der Waals surface area contributed by atoms with Gasteiger partial charge in [-0.3, -0.25) is 0 Å². The molecule has 0 aromatic heterocycles. The van der Waals surface area contributed by atoms with Gasteiger partial charge in [-0.25, -0.2) is 0 Å². The van der Waals surface area contributed by atoms with Gasteiger partial charge in [-0.1, -0.05) is 12.6 Å². The van der Waals surface area contributed by atoms with Gasteiger partial charge in [0.15, 0.2) is 0 Å². The molecule has 0 atom stereocenters. The predicted octanol–water partition coefficient (Wildman–Crippen LogP) is -1.94. The Balaban J connectivity index is 0. The standard InChI is InChI=1S/C3H5OS2.K/c1-2-4-3(5)6;/h1-2H2,(H,5,6);/q-1;+1. The van der Waals surface area contributed by atoms with E-state index in [1.807, 2.05) is 0 Å². The van der Waals surface area contributed by atoms with Crippen LogP contribution in [0.1, 0.15) is 0 Å². The minimum atomic E-state index is 0. The first kappa shape index (κ1) is 11.6. The van der Waals surface area contributed by atoms with Crippen LogP contribution >= 0.6 is 24.8 Å². The Labute approximate surface area is 97.0 Å². The quantitative estimate of drug-likeness (QED) is 0.207. The summed E-state index contributed by atoms with van der Waals surface area (Å²) in [6.07, 6.45) is 0. The summed E-state index contributed by atoms with van der Waals surface area (Å²) < 4.78 is 4.78. The Morgan fingerprint density at radius 1 is 1.86 bits per heavy atom. The molecule has 0 heterocycles. The number of ether oxygens (including phenoxy) is 1. The molecule has 4 heteroatoms. The maximum atomic E-state index is 4.53. The molecule has 36 valence electrons. The number of thiocarbonyl (C=S) groups is 1. The van der Waals surface area contributed by atoms with Gasteiger partial charge in [0.25, 0.3) is 0 Å². The van der Waals surface area contributed by atoms with E-state index in [1.54, 1.807) is 0 Å². The predicted molar refractivity (Wildman–Crippen MR) is 32.9 cm³/mol. The summed E-state index contributed by atoms with van der Waals surface area (Å²) in [5.41, 5.74) is 0. The minimum absolute atomic E-state index is 0. The Bertz CT molecular complexity index is 56.9. The summed E-state index contributed by atoms with van der Waals surface area (Å²) in [5, 5.41) is 0. The smallest absolute Gasteiger partial charge is 0.512 e. The first-order valence-corrected chi connectivity index (χ1v) is 2.28. The van der Waals surface area contributed by atoms with E-state index in [2.05, 4.69) is 36.5 Å². The molecule has 0 rings (SSSR count). The van der Waals surface area contributed by atoms with Crippen LogP contribution in [-0.4, -0.2) is 11.0 Å². The van der Waals surface area contributed by atoms with Crippen LogP contribution in [-0.2, 0) is 4.74 Å². The fourth-order valence-electron chi connectivity index (χ4n) is 0.0873. The van der Waals surface area contributed by atoms with E-state index in [0.29, 0.717) is 6.61 Å². The van der Waals surface area contributed by atoms with Gasteiger partial charge in [0.2, 0.25) is 4.38 Å². The molecule has 0 unspecified atom stereocenters. The number of thiol groups is 1. The third kappa shape index (κ3) is 11.4. The zero-order valence-corrected chi connectivity index (χ0v) is 9.01. The SMILES string of the molecule is [CH2-]COC(=S)S.[K+]. The van der Waals surface area contributed by atoms with Crippen LogP contribution in [0.2, 0.25) is 0 Å². The van der Waals surface area contributed by atoms with Crippen molar-refractivity contribution in [3.63, 3.8) is 0 Å². The first-order chi connectivity index (χ1) is 2.77. The van der Waals surface area contributed by atoms with Crippen molar-refractivity contribution in [2.75, 3.05) is 6.61 Å². The molecule has 0 aliphatic heterocycles. The Hall–Kier alpha value is 1.88. The van der Waals surface area contributed by atoms with Crippen molar-refractivity contribution < 1.29 is 56.1 Å². The van der Waals surface area contributed by atoms with Crippen molar-refractivity contribution in [1.82, 2.24) is 0 Å². The van der Waals surface area contributed by atoms with Crippen molar-refractivity contribution in [2.24, 2.45) is 0 Å². The van der Waals surface area contributed by atoms with Crippen molar-refractivity contribution in [3.05, 3.63) is 6.92 Å². The van der Waals surface area contributed by atoms with Crippen LogP contribution in [0.5, 0.6) is 0 Å². The summed E-state index contributed by atoms with van der Waals surface area (Å²) in [6.45, 7) is 3.73. The monoisotopic (exact) mass is 160 g/mol. The number of hydrogen-bond donors (Lipinski definition) is 1. The second-order valence-corrected chi connectivity index (χ2v) is 1.69. The fourth-order valence-corrected chi connectivity index (χ4v) is 0.262. The van der Waals surface area contributed by atoms with E-state index in [4.69, 9.17) is 0 Å². The molecule has 1 nitrogen and oxygen atoms in total. The molecule has 0 saturated heterocycles. The Morgan fingerprint density at radius 2 is 2.29 bits per heavy atom. The summed E-state index contributed by atoms with van der Waals surface area (Å²) in [6, 6.07) is 0. The molecule has 0 aliphatic rings. The topological polar surface area (TPSA) is 9.23 Å². The molecule has 0 bridgehead atoms. The third-order valence-electron chi connectivity index (χ3n) is 0.226. The van der Waals surface area contributed by atoms with Gasteiger partial charge >= 0.3 is 51.4 Å². The molecule has 7 heavy (non-hydrogen) atoms. The van der Waals surface area contributed by atoms with Crippen molar-refractivity contribution >= 4 is 29.2 Å². The van der Waals surface area contributed by atoms with E-state index < -0.39 is 0 Å². The second kappa shape index (κ2) is 7.88. The van der Waals surface area contributed by atoms with Crippen LogP contribution in [0.25, 0.3) is 0 Å². The molecule has 0 spiro atoms. The van der Waals surface area contributed by atoms with Gasteiger partial charge in [-0.2, -0.15) is 0 Å². The maximum absolute atomic E-state index is 4.53. The van der Waals surface area contributed by atoms with Gasteiger partial charge in [0, 0.05) is 0 Å². The van der Waals surface area contributed by atoms with Crippen LogP contribution in [0.4, 0.5) is 0 Å². The van der Waals surface area contributed by atoms with Crippen molar-refractivity contribution in [1.29, 1.82) is 0 Å². The van der Waals surface area contributed by atoms with E-state index in [1.165, 1.54) is 0 Å². The molecule has 0 aromatic rings. The van der Waals surface area contributed by atoms with E-state index >= 15 is 0 Å². The average molecular weight is 160 g/mol. The minimum Gasteiger partial charge on any atom is -0.512 e. The summed E-state index contributed by atoms with van der Waals surface area (Å²) in [4.78, 5) is 0. The fraction of sp³-hybridized carbons (Fsp3) is 0.333. The van der Waals surface area contributed by atoms with E-state index in [9.17, 15) is 0 Å². The third-order valence-corrected chi connectivity index (χ3v) is 0.472. The van der Waals surface area contributed by atoms with Gasteiger partial charge in [-0.05, 0) is 18.8 Å². The van der Waals surface area contributed by atoms with E-state index in [-0.39, 0.29) is 55.8 Å². The zero-order valence-electron chi connectivity index (χ0n) is 4.18. The largest absolute Gasteiger partial charge is 1.00 e. The summed E-state index contributed by atoms with van der Waals surface area (Å²) >= 11 is 8.04.